The van der Waals surface area contributed by atoms with Gasteiger partial charge < -0.3 is 24.8 Å². The molecule has 0 aromatic heterocycles. The van der Waals surface area contributed by atoms with Crippen LogP contribution in [-0.2, 0) is 26.2 Å². The van der Waals surface area contributed by atoms with Gasteiger partial charge in [0, 0.05) is 0 Å². The van der Waals surface area contributed by atoms with E-state index in [0.717, 1.165) is 25.7 Å². The van der Waals surface area contributed by atoms with E-state index >= 15 is 0 Å². The molecular weight excluding hydrogens is 378 g/mol. The standard InChI is InChI=1S/2C9H13.2ClH.Zr/c2*1-4-9-6-5-7(2)8(9)3;;;/h2*4-5H2,1-3H3;2*1H;/q2*-1;;;+4/p-2. The SMILES string of the molecule is CCC1=[C-]CC(C)=C1C.CCC1=[C-]CC(C)=C1C.[Cl-].[Cl-].[Zr+4]. The maximum atomic E-state index is 3.35. The summed E-state index contributed by atoms with van der Waals surface area (Å²) in [6, 6.07) is 0. The van der Waals surface area contributed by atoms with E-state index in [1.54, 1.807) is 0 Å². The third kappa shape index (κ3) is 7.49. The molecule has 0 atom stereocenters. The Balaban J connectivity index is -0.000000270. The third-order valence-electron chi connectivity index (χ3n) is 4.03. The van der Waals surface area contributed by atoms with Gasteiger partial charge in [0.25, 0.3) is 0 Å². The predicted octanol–water partition coefficient (Wildman–Crippen LogP) is -0.262. The van der Waals surface area contributed by atoms with Crippen LogP contribution in [0.3, 0.4) is 0 Å². The Hall–Kier alpha value is 0.423. The minimum atomic E-state index is 0. The molecule has 2 aliphatic carbocycles. The van der Waals surface area contributed by atoms with Crippen LogP contribution in [0.15, 0.2) is 33.4 Å². The van der Waals surface area contributed by atoms with Crippen molar-refractivity contribution in [2.75, 3.05) is 0 Å². The Bertz CT molecular complexity index is 398. The van der Waals surface area contributed by atoms with Crippen LogP contribution in [0.1, 0.15) is 67.2 Å². The average molecular weight is 405 g/mol. The van der Waals surface area contributed by atoms with Crippen molar-refractivity contribution in [3.8, 4) is 0 Å². The van der Waals surface area contributed by atoms with Crippen LogP contribution >= 0.6 is 0 Å². The maximum absolute atomic E-state index is 3.35. The minimum absolute atomic E-state index is 0. The molecule has 0 aliphatic heterocycles. The van der Waals surface area contributed by atoms with Crippen LogP contribution in [0.25, 0.3) is 0 Å². The Kier molecular flexibility index (Phi) is 16.2. The van der Waals surface area contributed by atoms with E-state index in [-0.39, 0.29) is 51.0 Å². The molecule has 21 heavy (non-hydrogen) atoms. The molecule has 0 heterocycles. The second kappa shape index (κ2) is 12.9. The van der Waals surface area contributed by atoms with Crippen molar-refractivity contribution in [1.82, 2.24) is 0 Å². The Labute approximate surface area is 163 Å². The number of allylic oxidation sites excluding steroid dienone is 8. The molecule has 0 aromatic carbocycles. The molecule has 0 spiro atoms. The van der Waals surface area contributed by atoms with E-state index < -0.39 is 0 Å². The minimum Gasteiger partial charge on any atom is -1.00 e. The first-order valence-corrected chi connectivity index (χ1v) is 7.04. The van der Waals surface area contributed by atoms with Gasteiger partial charge in [-0.3, -0.25) is 12.2 Å². The van der Waals surface area contributed by atoms with Crippen LogP contribution in [0.5, 0.6) is 0 Å². The zero-order chi connectivity index (χ0) is 13.7. The van der Waals surface area contributed by atoms with E-state index in [4.69, 9.17) is 0 Å². The van der Waals surface area contributed by atoms with E-state index in [0.29, 0.717) is 0 Å². The van der Waals surface area contributed by atoms with Gasteiger partial charge in [0.05, 0.1) is 0 Å². The summed E-state index contributed by atoms with van der Waals surface area (Å²) in [5.41, 5.74) is 8.77. The van der Waals surface area contributed by atoms with Crippen molar-refractivity contribution in [3.05, 3.63) is 45.6 Å². The summed E-state index contributed by atoms with van der Waals surface area (Å²) in [5.74, 6) is 0. The molecule has 0 unspecified atom stereocenters. The van der Waals surface area contributed by atoms with Gasteiger partial charge in [-0.1, -0.05) is 40.5 Å². The molecule has 2 aliphatic rings. The van der Waals surface area contributed by atoms with Gasteiger partial charge in [-0.05, 0) is 0 Å². The van der Waals surface area contributed by atoms with Gasteiger partial charge in [-0.2, -0.15) is 22.3 Å². The van der Waals surface area contributed by atoms with Crippen molar-refractivity contribution in [3.63, 3.8) is 0 Å². The Morgan fingerprint density at radius 2 is 1.00 bits per heavy atom. The molecule has 0 N–H and O–H groups in total. The van der Waals surface area contributed by atoms with Gasteiger partial charge in [0.1, 0.15) is 0 Å². The molecule has 0 fully saturated rings. The van der Waals surface area contributed by atoms with Gasteiger partial charge in [-0.15, -0.1) is 26.7 Å². The first-order valence-electron chi connectivity index (χ1n) is 7.04. The molecule has 0 aromatic rings. The van der Waals surface area contributed by atoms with Gasteiger partial charge in [0.15, 0.2) is 0 Å². The summed E-state index contributed by atoms with van der Waals surface area (Å²) >= 11 is 0. The Morgan fingerprint density at radius 3 is 1.10 bits per heavy atom. The summed E-state index contributed by atoms with van der Waals surface area (Å²) in [6.07, 6.45) is 11.1. The van der Waals surface area contributed by atoms with E-state index in [9.17, 15) is 0 Å². The second-order valence-electron chi connectivity index (χ2n) is 5.18. The average Bonchev–Trinajstić information content (AvgIpc) is 2.86. The maximum Gasteiger partial charge on any atom is 4.00 e. The van der Waals surface area contributed by atoms with Crippen LogP contribution in [0, 0.1) is 12.2 Å². The molecule has 116 valence electrons. The molecule has 0 radical (unpaired) electrons. The van der Waals surface area contributed by atoms with E-state index in [1.165, 1.54) is 33.4 Å². The molecular formula is C18H26Cl2Zr. The number of rotatable bonds is 2. The summed E-state index contributed by atoms with van der Waals surface area (Å²) in [7, 11) is 0. The quantitative estimate of drug-likeness (QED) is 0.557. The normalized spacial score (nSPS) is 16.1. The van der Waals surface area contributed by atoms with Crippen LogP contribution in [-0.4, -0.2) is 0 Å². The van der Waals surface area contributed by atoms with Crippen LogP contribution in [0.4, 0.5) is 0 Å². The van der Waals surface area contributed by atoms with Crippen molar-refractivity contribution < 1.29 is 51.0 Å². The van der Waals surface area contributed by atoms with Crippen LogP contribution < -0.4 is 24.8 Å². The molecule has 0 bridgehead atoms. The fourth-order valence-corrected chi connectivity index (χ4v) is 2.30. The zero-order valence-electron chi connectivity index (χ0n) is 14.1. The summed E-state index contributed by atoms with van der Waals surface area (Å²) < 4.78 is 0. The predicted molar refractivity (Wildman–Crippen MR) is 80.1 cm³/mol. The molecule has 0 nitrogen and oxygen atoms in total. The first-order chi connectivity index (χ1) is 8.51. The molecule has 0 saturated heterocycles. The number of hydrogen-bond donors (Lipinski definition) is 0. The summed E-state index contributed by atoms with van der Waals surface area (Å²) in [4.78, 5) is 0. The summed E-state index contributed by atoms with van der Waals surface area (Å²) in [6.45, 7) is 13.1. The fourth-order valence-electron chi connectivity index (χ4n) is 2.30. The first kappa shape index (κ1) is 26.3. The second-order valence-corrected chi connectivity index (χ2v) is 5.18. The zero-order valence-corrected chi connectivity index (χ0v) is 18.1. The third-order valence-corrected chi connectivity index (χ3v) is 4.03. The molecule has 3 heteroatoms. The largest absolute Gasteiger partial charge is 4.00 e. The van der Waals surface area contributed by atoms with Crippen molar-refractivity contribution in [1.29, 1.82) is 0 Å². The molecule has 2 rings (SSSR count). The molecule has 0 saturated carbocycles. The summed E-state index contributed by atoms with van der Waals surface area (Å²) in [5, 5.41) is 0. The van der Waals surface area contributed by atoms with E-state index in [2.05, 4.69) is 53.7 Å². The van der Waals surface area contributed by atoms with Gasteiger partial charge >= 0.3 is 26.2 Å². The smallest absolute Gasteiger partial charge is 1.00 e. The monoisotopic (exact) mass is 402 g/mol. The van der Waals surface area contributed by atoms with Crippen molar-refractivity contribution in [2.45, 2.75) is 67.2 Å². The Morgan fingerprint density at radius 1 is 0.714 bits per heavy atom. The van der Waals surface area contributed by atoms with E-state index in [1.807, 2.05) is 0 Å². The van der Waals surface area contributed by atoms with Crippen molar-refractivity contribution in [2.24, 2.45) is 0 Å². The fraction of sp³-hybridized carbons (Fsp3) is 0.556. The topological polar surface area (TPSA) is 0 Å². The van der Waals surface area contributed by atoms with Crippen LogP contribution in [0.2, 0.25) is 0 Å². The number of halogens is 2. The number of hydrogen-bond acceptors (Lipinski definition) is 0. The molecule has 0 amide bonds. The van der Waals surface area contributed by atoms with Gasteiger partial charge in [0.2, 0.25) is 0 Å². The van der Waals surface area contributed by atoms with Crippen molar-refractivity contribution >= 4 is 0 Å². The van der Waals surface area contributed by atoms with Gasteiger partial charge in [-0.25, -0.2) is 11.1 Å².